The molecular weight excluding hydrogens is 340 g/mol. The van der Waals surface area contributed by atoms with Crippen LogP contribution < -0.4 is 21.7 Å². The molecule has 138 valence electrons. The SMILES string of the molecule is CC(C)N=CC(=CN)c1ccc2c(n1)N(Cc1ccc3nccn3c1)NN2. The predicted octanol–water partition coefficient (Wildman–Crippen LogP) is 2.36. The molecule has 0 unspecified atom stereocenters. The van der Waals surface area contributed by atoms with Crippen molar-refractivity contribution in [3.05, 3.63) is 60.3 Å². The fraction of sp³-hybridized carbons (Fsp3) is 0.211. The third-order valence-electron chi connectivity index (χ3n) is 4.23. The van der Waals surface area contributed by atoms with Crippen molar-refractivity contribution in [2.24, 2.45) is 10.7 Å². The Morgan fingerprint density at radius 2 is 2.19 bits per heavy atom. The maximum Gasteiger partial charge on any atom is 0.170 e. The molecule has 0 atom stereocenters. The van der Waals surface area contributed by atoms with Gasteiger partial charge in [0, 0.05) is 42.6 Å². The van der Waals surface area contributed by atoms with E-state index >= 15 is 0 Å². The average molecular weight is 362 g/mol. The van der Waals surface area contributed by atoms with Gasteiger partial charge in [0.2, 0.25) is 0 Å². The van der Waals surface area contributed by atoms with Crippen molar-refractivity contribution in [3.8, 4) is 0 Å². The maximum atomic E-state index is 5.79. The van der Waals surface area contributed by atoms with Crippen molar-refractivity contribution in [1.29, 1.82) is 0 Å². The van der Waals surface area contributed by atoms with E-state index < -0.39 is 0 Å². The summed E-state index contributed by atoms with van der Waals surface area (Å²) in [6, 6.07) is 8.18. The first-order chi connectivity index (χ1) is 13.1. The third-order valence-corrected chi connectivity index (χ3v) is 4.23. The third kappa shape index (κ3) is 3.47. The number of nitrogens with zero attached hydrogens (tertiary/aromatic N) is 5. The summed E-state index contributed by atoms with van der Waals surface area (Å²) in [5.74, 6) is 0.815. The molecule has 3 aromatic rings. The summed E-state index contributed by atoms with van der Waals surface area (Å²) in [5, 5.41) is 1.96. The minimum absolute atomic E-state index is 0.201. The van der Waals surface area contributed by atoms with Gasteiger partial charge in [-0.05, 0) is 37.6 Å². The first kappa shape index (κ1) is 17.0. The highest BCUT2D eigenvalue weighted by atomic mass is 15.7. The molecule has 0 spiro atoms. The topological polar surface area (TPSA) is 95.9 Å². The normalized spacial score (nSPS) is 14.3. The summed E-state index contributed by atoms with van der Waals surface area (Å²) in [4.78, 5) is 13.5. The van der Waals surface area contributed by atoms with Crippen molar-refractivity contribution in [1.82, 2.24) is 19.9 Å². The van der Waals surface area contributed by atoms with E-state index in [9.17, 15) is 0 Å². The number of nitrogens with one attached hydrogen (secondary N) is 2. The van der Waals surface area contributed by atoms with Gasteiger partial charge in [-0.25, -0.2) is 9.97 Å². The van der Waals surface area contributed by atoms with Gasteiger partial charge in [-0.2, -0.15) is 0 Å². The maximum absolute atomic E-state index is 5.79. The Kier molecular flexibility index (Phi) is 4.47. The molecule has 1 aliphatic heterocycles. The highest BCUT2D eigenvalue weighted by Crippen LogP contribution is 2.29. The van der Waals surface area contributed by atoms with Crippen molar-refractivity contribution in [3.63, 3.8) is 0 Å². The molecule has 0 aliphatic carbocycles. The molecule has 4 rings (SSSR count). The Bertz CT molecular complexity index is 1020. The lowest BCUT2D eigenvalue weighted by molar-refractivity contribution is 0.714. The van der Waals surface area contributed by atoms with E-state index in [-0.39, 0.29) is 6.04 Å². The van der Waals surface area contributed by atoms with Gasteiger partial charge < -0.3 is 15.6 Å². The van der Waals surface area contributed by atoms with E-state index in [2.05, 4.69) is 33.2 Å². The number of hydrazine groups is 2. The lowest BCUT2D eigenvalue weighted by atomic mass is 10.2. The Labute approximate surface area is 157 Å². The second-order valence-corrected chi connectivity index (χ2v) is 6.61. The summed E-state index contributed by atoms with van der Waals surface area (Å²) >= 11 is 0. The van der Waals surface area contributed by atoms with Crippen LogP contribution in [0.5, 0.6) is 0 Å². The molecule has 1 aliphatic rings. The minimum atomic E-state index is 0.201. The summed E-state index contributed by atoms with van der Waals surface area (Å²) < 4.78 is 2.00. The van der Waals surface area contributed by atoms with Crippen LogP contribution in [-0.2, 0) is 6.54 Å². The standard InChI is InChI=1S/C19H22N8/c1-13(2)22-10-15(9-20)16-4-5-17-19(23-16)27(25-24-17)12-14-3-6-18-21-7-8-26(18)11-14/h3-11,13,24-25H,12,20H2,1-2H3. The van der Waals surface area contributed by atoms with Gasteiger partial charge in [0.15, 0.2) is 5.82 Å². The summed E-state index contributed by atoms with van der Waals surface area (Å²) in [6.45, 7) is 4.69. The second-order valence-electron chi connectivity index (χ2n) is 6.61. The van der Waals surface area contributed by atoms with E-state index in [0.29, 0.717) is 6.54 Å². The van der Waals surface area contributed by atoms with E-state index in [4.69, 9.17) is 10.7 Å². The average Bonchev–Trinajstić information content (AvgIpc) is 3.28. The van der Waals surface area contributed by atoms with Crippen molar-refractivity contribution in [2.75, 3.05) is 10.4 Å². The van der Waals surface area contributed by atoms with E-state index in [0.717, 1.165) is 34.0 Å². The van der Waals surface area contributed by atoms with Gasteiger partial charge in [-0.15, -0.1) is 5.53 Å². The molecule has 8 nitrogen and oxygen atoms in total. The number of hydrogen-bond acceptors (Lipinski definition) is 7. The van der Waals surface area contributed by atoms with Crippen molar-refractivity contribution < 1.29 is 0 Å². The molecule has 0 fully saturated rings. The number of anilines is 2. The lowest BCUT2D eigenvalue weighted by Gasteiger charge is -2.17. The zero-order valence-corrected chi connectivity index (χ0v) is 15.3. The Morgan fingerprint density at radius 3 is 3.00 bits per heavy atom. The zero-order valence-electron chi connectivity index (χ0n) is 15.3. The highest BCUT2D eigenvalue weighted by molar-refractivity contribution is 6.09. The largest absolute Gasteiger partial charge is 0.404 e. The zero-order chi connectivity index (χ0) is 18.8. The number of allylic oxidation sites excluding steroid dienone is 1. The van der Waals surface area contributed by atoms with E-state index in [1.54, 1.807) is 12.4 Å². The van der Waals surface area contributed by atoms with Gasteiger partial charge >= 0.3 is 0 Å². The fourth-order valence-corrected chi connectivity index (χ4v) is 2.87. The van der Waals surface area contributed by atoms with Gasteiger partial charge in [0.25, 0.3) is 0 Å². The fourth-order valence-electron chi connectivity index (χ4n) is 2.87. The van der Waals surface area contributed by atoms with Crippen molar-refractivity contribution in [2.45, 2.75) is 26.4 Å². The van der Waals surface area contributed by atoms with Crippen LogP contribution in [0, 0.1) is 0 Å². The monoisotopic (exact) mass is 362 g/mol. The Morgan fingerprint density at radius 1 is 1.30 bits per heavy atom. The molecule has 4 heterocycles. The smallest absolute Gasteiger partial charge is 0.170 e. The number of rotatable bonds is 5. The minimum Gasteiger partial charge on any atom is -0.404 e. The number of pyridine rings is 2. The van der Waals surface area contributed by atoms with Crippen molar-refractivity contribution >= 4 is 28.9 Å². The van der Waals surface area contributed by atoms with E-state index in [1.165, 1.54) is 6.20 Å². The molecule has 27 heavy (non-hydrogen) atoms. The second kappa shape index (κ2) is 7.08. The first-order valence-electron chi connectivity index (χ1n) is 8.81. The summed E-state index contributed by atoms with van der Waals surface area (Å²) in [5.41, 5.74) is 16.6. The van der Waals surface area contributed by atoms with E-state index in [1.807, 2.05) is 47.7 Å². The first-order valence-corrected chi connectivity index (χ1v) is 8.81. The summed E-state index contributed by atoms with van der Waals surface area (Å²) in [6.07, 6.45) is 9.09. The van der Waals surface area contributed by atoms with Gasteiger partial charge in [-0.1, -0.05) is 6.07 Å². The molecule has 3 aromatic heterocycles. The van der Waals surface area contributed by atoms with Crippen LogP contribution in [0.2, 0.25) is 0 Å². The van der Waals surface area contributed by atoms with Gasteiger partial charge in [0.05, 0.1) is 17.9 Å². The molecular formula is C19H22N8. The quantitative estimate of drug-likeness (QED) is 0.603. The lowest BCUT2D eigenvalue weighted by Crippen LogP contribution is -2.35. The number of aliphatic imine (C=N–C) groups is 1. The number of hydrogen-bond donors (Lipinski definition) is 3. The van der Waals surface area contributed by atoms with Crippen LogP contribution in [0.25, 0.3) is 11.2 Å². The van der Waals surface area contributed by atoms with Crippen LogP contribution >= 0.6 is 0 Å². The van der Waals surface area contributed by atoms with Gasteiger partial charge in [-0.3, -0.25) is 10.0 Å². The molecule has 0 aromatic carbocycles. The number of nitrogens with two attached hydrogens (primary N) is 1. The van der Waals surface area contributed by atoms with Crippen LogP contribution in [0.4, 0.5) is 11.5 Å². The van der Waals surface area contributed by atoms with Crippen LogP contribution in [0.15, 0.2) is 54.0 Å². The van der Waals surface area contributed by atoms with Crippen LogP contribution in [0.3, 0.4) is 0 Å². The molecule has 4 N–H and O–H groups in total. The van der Waals surface area contributed by atoms with Crippen LogP contribution in [0.1, 0.15) is 25.1 Å². The number of fused-ring (bicyclic) bond motifs is 2. The molecule has 0 saturated heterocycles. The molecule has 0 radical (unpaired) electrons. The molecule has 0 saturated carbocycles. The predicted molar refractivity (Wildman–Crippen MR) is 108 cm³/mol. The molecule has 0 amide bonds. The highest BCUT2D eigenvalue weighted by Gasteiger charge is 2.21. The Balaban J connectivity index is 1.60. The molecule has 8 heteroatoms. The number of imidazole rings is 1. The number of aromatic nitrogens is 3. The Hall–Kier alpha value is -3.39. The van der Waals surface area contributed by atoms with Crippen LogP contribution in [-0.4, -0.2) is 26.6 Å². The van der Waals surface area contributed by atoms with Gasteiger partial charge in [0.1, 0.15) is 5.65 Å². The molecule has 0 bridgehead atoms. The summed E-state index contributed by atoms with van der Waals surface area (Å²) in [7, 11) is 0.